The molecule has 0 radical (unpaired) electrons. The number of carbonyl (C=O) groups is 1. The number of H-pyrrole nitrogens is 2. The topological polar surface area (TPSA) is 125 Å². The van der Waals surface area contributed by atoms with Crippen molar-refractivity contribution < 1.29 is 4.79 Å². The van der Waals surface area contributed by atoms with Crippen LogP contribution in [0.25, 0.3) is 0 Å². The monoisotopic (exact) mass is 221 g/mol. The van der Waals surface area contributed by atoms with Gasteiger partial charge in [-0.05, 0) is 6.92 Å². The molecule has 0 saturated heterocycles. The molecule has 0 aliphatic carbocycles. The van der Waals surface area contributed by atoms with Gasteiger partial charge in [0, 0.05) is 12.1 Å². The number of aromatic amines is 2. The van der Waals surface area contributed by atoms with Gasteiger partial charge in [0.2, 0.25) is 5.82 Å². The highest BCUT2D eigenvalue weighted by atomic mass is 16.2. The van der Waals surface area contributed by atoms with Crippen LogP contribution in [-0.2, 0) is 6.54 Å². The Kier molecular flexibility index (Phi) is 2.54. The Labute approximate surface area is 90.6 Å². The van der Waals surface area contributed by atoms with Gasteiger partial charge in [-0.3, -0.25) is 15.0 Å². The van der Waals surface area contributed by atoms with Crippen molar-refractivity contribution in [2.24, 2.45) is 0 Å². The zero-order valence-corrected chi connectivity index (χ0v) is 8.61. The van der Waals surface area contributed by atoms with E-state index in [1.165, 1.54) is 0 Å². The standard InChI is InChI=1S/C8H11N7O/c1-4-12-7(15-13-4)8(16)10-2-5-3-11-14-6(5)9/h3H,2H2,1H3,(H,10,16)(H3,9,11,14)(H,12,13,15). The van der Waals surface area contributed by atoms with Crippen LogP contribution in [-0.4, -0.2) is 31.3 Å². The van der Waals surface area contributed by atoms with Crippen LogP contribution in [0.4, 0.5) is 5.82 Å². The third-order valence-corrected chi connectivity index (χ3v) is 1.99. The molecule has 0 aliphatic rings. The van der Waals surface area contributed by atoms with E-state index < -0.39 is 0 Å². The fourth-order valence-corrected chi connectivity index (χ4v) is 1.16. The Morgan fingerprint density at radius 3 is 2.94 bits per heavy atom. The van der Waals surface area contributed by atoms with Gasteiger partial charge in [0.25, 0.3) is 5.91 Å². The number of hydrogen-bond donors (Lipinski definition) is 4. The minimum absolute atomic E-state index is 0.111. The highest BCUT2D eigenvalue weighted by Gasteiger charge is 2.11. The lowest BCUT2D eigenvalue weighted by atomic mass is 10.3. The number of nitrogens with zero attached hydrogens (tertiary/aromatic N) is 3. The van der Waals surface area contributed by atoms with Crippen molar-refractivity contribution in [1.29, 1.82) is 0 Å². The summed E-state index contributed by atoms with van der Waals surface area (Å²) in [5.74, 6) is 0.781. The number of hydrogen-bond acceptors (Lipinski definition) is 5. The van der Waals surface area contributed by atoms with E-state index in [1.54, 1.807) is 13.1 Å². The van der Waals surface area contributed by atoms with Gasteiger partial charge in [-0.25, -0.2) is 4.98 Å². The highest BCUT2D eigenvalue weighted by Crippen LogP contribution is 2.04. The lowest BCUT2D eigenvalue weighted by Crippen LogP contribution is -2.24. The van der Waals surface area contributed by atoms with Crippen LogP contribution in [0.15, 0.2) is 6.20 Å². The molecule has 2 aromatic rings. The molecule has 2 aromatic heterocycles. The van der Waals surface area contributed by atoms with Gasteiger partial charge in [0.1, 0.15) is 11.6 Å². The maximum atomic E-state index is 11.5. The summed E-state index contributed by atoms with van der Waals surface area (Å²) in [6.07, 6.45) is 1.55. The number of nitrogens with one attached hydrogen (secondary N) is 3. The third-order valence-electron chi connectivity index (χ3n) is 1.99. The molecule has 84 valence electrons. The third kappa shape index (κ3) is 2.00. The molecule has 0 saturated carbocycles. The van der Waals surface area contributed by atoms with Crippen LogP contribution < -0.4 is 11.1 Å². The Balaban J connectivity index is 1.96. The zero-order valence-electron chi connectivity index (χ0n) is 8.61. The Bertz CT molecular complexity index is 500. The second-order valence-electron chi connectivity index (χ2n) is 3.24. The second-order valence-corrected chi connectivity index (χ2v) is 3.24. The number of nitrogens with two attached hydrogens (primary N) is 1. The first-order valence-corrected chi connectivity index (χ1v) is 4.61. The first-order chi connectivity index (χ1) is 7.66. The lowest BCUT2D eigenvalue weighted by molar-refractivity contribution is 0.0941. The van der Waals surface area contributed by atoms with Gasteiger partial charge in [-0.15, -0.1) is 5.10 Å². The number of aromatic nitrogens is 5. The molecule has 5 N–H and O–H groups in total. The minimum Gasteiger partial charge on any atom is -0.384 e. The number of carbonyl (C=O) groups excluding carboxylic acids is 1. The molecule has 0 unspecified atom stereocenters. The Morgan fingerprint density at radius 2 is 2.38 bits per heavy atom. The van der Waals surface area contributed by atoms with Crippen LogP contribution in [0.2, 0.25) is 0 Å². The van der Waals surface area contributed by atoms with Crippen LogP contribution in [0.3, 0.4) is 0 Å². The van der Waals surface area contributed by atoms with E-state index in [1.807, 2.05) is 0 Å². The van der Waals surface area contributed by atoms with E-state index >= 15 is 0 Å². The van der Waals surface area contributed by atoms with Crippen molar-refractivity contribution >= 4 is 11.7 Å². The maximum absolute atomic E-state index is 11.5. The second kappa shape index (κ2) is 4.01. The molecular weight excluding hydrogens is 210 g/mol. The van der Waals surface area contributed by atoms with Crippen molar-refractivity contribution in [3.05, 3.63) is 23.4 Å². The van der Waals surface area contributed by atoms with Crippen molar-refractivity contribution in [3.63, 3.8) is 0 Å². The summed E-state index contributed by atoms with van der Waals surface area (Å²) < 4.78 is 0. The summed E-state index contributed by atoms with van der Waals surface area (Å²) in [4.78, 5) is 15.4. The highest BCUT2D eigenvalue weighted by molar-refractivity contribution is 5.90. The summed E-state index contributed by atoms with van der Waals surface area (Å²) in [7, 11) is 0. The summed E-state index contributed by atoms with van der Waals surface area (Å²) in [6, 6.07) is 0. The smallest absolute Gasteiger partial charge is 0.291 e. The average Bonchev–Trinajstić information content (AvgIpc) is 2.84. The minimum atomic E-state index is -0.357. The molecule has 0 aromatic carbocycles. The Morgan fingerprint density at radius 1 is 1.56 bits per heavy atom. The van der Waals surface area contributed by atoms with Crippen LogP contribution in [0.5, 0.6) is 0 Å². The summed E-state index contributed by atoms with van der Waals surface area (Å²) >= 11 is 0. The maximum Gasteiger partial charge on any atom is 0.291 e. The quantitative estimate of drug-likeness (QED) is 0.548. The predicted octanol–water partition coefficient (Wildman–Crippen LogP) is -0.652. The molecule has 8 heteroatoms. The molecule has 0 fully saturated rings. The summed E-state index contributed by atoms with van der Waals surface area (Å²) in [6.45, 7) is 2.01. The largest absolute Gasteiger partial charge is 0.384 e. The van der Waals surface area contributed by atoms with Gasteiger partial charge in [0.05, 0.1) is 6.20 Å². The van der Waals surface area contributed by atoms with E-state index in [2.05, 4.69) is 30.7 Å². The normalized spacial score (nSPS) is 10.3. The van der Waals surface area contributed by atoms with E-state index in [4.69, 9.17) is 5.73 Å². The van der Waals surface area contributed by atoms with Gasteiger partial charge in [0.15, 0.2) is 0 Å². The van der Waals surface area contributed by atoms with Gasteiger partial charge < -0.3 is 11.1 Å². The molecule has 16 heavy (non-hydrogen) atoms. The van der Waals surface area contributed by atoms with E-state index in [9.17, 15) is 4.79 Å². The Hall–Kier alpha value is -2.38. The molecule has 0 bridgehead atoms. The lowest BCUT2D eigenvalue weighted by Gasteiger charge is -2.00. The van der Waals surface area contributed by atoms with Crippen LogP contribution in [0.1, 0.15) is 22.0 Å². The molecule has 0 atom stereocenters. The van der Waals surface area contributed by atoms with Crippen molar-refractivity contribution in [2.75, 3.05) is 5.73 Å². The number of aryl methyl sites for hydroxylation is 1. The van der Waals surface area contributed by atoms with Crippen LogP contribution in [0, 0.1) is 6.92 Å². The molecule has 8 nitrogen and oxygen atoms in total. The van der Waals surface area contributed by atoms with Gasteiger partial charge in [-0.2, -0.15) is 5.10 Å². The molecule has 0 spiro atoms. The molecular formula is C8H11N7O. The SMILES string of the molecule is Cc1nc(C(=O)NCc2cn[nH]c2N)n[nH]1. The molecule has 2 heterocycles. The first-order valence-electron chi connectivity index (χ1n) is 4.61. The summed E-state index contributed by atoms with van der Waals surface area (Å²) in [5, 5.41) is 15.3. The summed E-state index contributed by atoms with van der Waals surface area (Å²) in [5.41, 5.74) is 6.29. The fraction of sp³-hybridized carbons (Fsp3) is 0.250. The number of rotatable bonds is 3. The van der Waals surface area contributed by atoms with Crippen LogP contribution >= 0.6 is 0 Å². The predicted molar refractivity (Wildman–Crippen MR) is 55.3 cm³/mol. The first kappa shape index (κ1) is 10.1. The zero-order chi connectivity index (χ0) is 11.5. The van der Waals surface area contributed by atoms with Crippen molar-refractivity contribution in [1.82, 2.24) is 30.7 Å². The number of amides is 1. The van der Waals surface area contributed by atoms with E-state index in [0.717, 1.165) is 5.56 Å². The number of anilines is 1. The molecule has 0 aliphatic heterocycles. The van der Waals surface area contributed by atoms with E-state index in [-0.39, 0.29) is 18.3 Å². The number of nitrogen functional groups attached to an aromatic ring is 1. The van der Waals surface area contributed by atoms with Crippen molar-refractivity contribution in [3.8, 4) is 0 Å². The van der Waals surface area contributed by atoms with Gasteiger partial charge in [-0.1, -0.05) is 0 Å². The average molecular weight is 221 g/mol. The molecule has 2 rings (SSSR count). The van der Waals surface area contributed by atoms with E-state index in [0.29, 0.717) is 11.6 Å². The van der Waals surface area contributed by atoms with Gasteiger partial charge >= 0.3 is 0 Å². The van der Waals surface area contributed by atoms with Crippen molar-refractivity contribution in [2.45, 2.75) is 13.5 Å². The molecule has 1 amide bonds. The fourth-order valence-electron chi connectivity index (χ4n) is 1.16.